The second-order valence-corrected chi connectivity index (χ2v) is 6.71. The van der Waals surface area contributed by atoms with Crippen molar-refractivity contribution in [3.05, 3.63) is 35.9 Å². The van der Waals surface area contributed by atoms with Crippen molar-refractivity contribution in [3.63, 3.8) is 0 Å². The molecule has 2 N–H and O–H groups in total. The van der Waals surface area contributed by atoms with E-state index in [-0.39, 0.29) is 12.5 Å². The molecule has 19 heavy (non-hydrogen) atoms. The Morgan fingerprint density at radius 2 is 1.84 bits per heavy atom. The van der Waals surface area contributed by atoms with Gasteiger partial charge in [-0.15, -0.1) is 0 Å². The summed E-state index contributed by atoms with van der Waals surface area (Å²) in [6, 6.07) is 8.90. The van der Waals surface area contributed by atoms with E-state index in [9.17, 15) is 13.5 Å². The van der Waals surface area contributed by atoms with Gasteiger partial charge < -0.3 is 5.11 Å². The van der Waals surface area contributed by atoms with Crippen LogP contribution in [0.4, 0.5) is 0 Å². The Morgan fingerprint density at radius 3 is 2.32 bits per heavy atom. The van der Waals surface area contributed by atoms with Gasteiger partial charge in [0.25, 0.3) is 10.2 Å². The molecule has 6 heteroatoms. The van der Waals surface area contributed by atoms with E-state index >= 15 is 0 Å². The lowest BCUT2D eigenvalue weighted by Gasteiger charge is -2.24. The summed E-state index contributed by atoms with van der Waals surface area (Å²) in [5.74, 6) is 0.0323. The number of nitrogens with zero attached hydrogens (tertiary/aromatic N) is 1. The number of aliphatic hydroxyl groups is 1. The van der Waals surface area contributed by atoms with Gasteiger partial charge in [-0.1, -0.05) is 44.2 Å². The molecule has 0 amide bonds. The molecular formula is C13H22N2O3S. The fraction of sp³-hybridized carbons (Fsp3) is 0.538. The molecular weight excluding hydrogens is 264 g/mol. The summed E-state index contributed by atoms with van der Waals surface area (Å²) in [6.45, 7) is 3.81. The molecule has 0 aliphatic heterocycles. The number of hydrogen-bond acceptors (Lipinski definition) is 3. The van der Waals surface area contributed by atoms with Gasteiger partial charge in [-0.3, -0.25) is 0 Å². The predicted molar refractivity (Wildman–Crippen MR) is 75.7 cm³/mol. The third kappa shape index (κ3) is 4.91. The molecule has 0 unspecified atom stereocenters. The molecule has 0 spiro atoms. The van der Waals surface area contributed by atoms with E-state index in [1.165, 1.54) is 11.4 Å². The molecule has 1 aromatic rings. The van der Waals surface area contributed by atoms with Crippen molar-refractivity contribution < 1.29 is 13.5 Å². The highest BCUT2D eigenvalue weighted by Crippen LogP contribution is 2.08. The first-order valence-corrected chi connectivity index (χ1v) is 7.69. The summed E-state index contributed by atoms with van der Waals surface area (Å²) in [5.41, 5.74) is 0.917. The van der Waals surface area contributed by atoms with Gasteiger partial charge in [0.15, 0.2) is 0 Å². The van der Waals surface area contributed by atoms with Gasteiger partial charge in [0.2, 0.25) is 0 Å². The van der Waals surface area contributed by atoms with Crippen LogP contribution in [-0.4, -0.2) is 37.5 Å². The maximum Gasteiger partial charge on any atom is 0.279 e. The molecule has 0 saturated heterocycles. The lowest BCUT2D eigenvalue weighted by Crippen LogP contribution is -2.47. The number of rotatable bonds is 7. The summed E-state index contributed by atoms with van der Waals surface area (Å²) in [7, 11) is -2.07. The summed E-state index contributed by atoms with van der Waals surface area (Å²) < 4.78 is 28.0. The Kier molecular flexibility index (Phi) is 5.93. The minimum atomic E-state index is -3.59. The van der Waals surface area contributed by atoms with Crippen molar-refractivity contribution in [2.45, 2.75) is 26.4 Å². The minimum absolute atomic E-state index is 0.0323. The van der Waals surface area contributed by atoms with Crippen LogP contribution in [0.5, 0.6) is 0 Å². The smallest absolute Gasteiger partial charge is 0.279 e. The highest BCUT2D eigenvalue weighted by atomic mass is 32.2. The SMILES string of the molecule is CC(C)[C@@H](CO)NS(=O)(=O)N(C)Cc1ccccc1. The van der Waals surface area contributed by atoms with E-state index in [0.29, 0.717) is 6.54 Å². The van der Waals surface area contributed by atoms with Crippen molar-refractivity contribution >= 4 is 10.2 Å². The Balaban J connectivity index is 2.71. The highest BCUT2D eigenvalue weighted by molar-refractivity contribution is 7.87. The van der Waals surface area contributed by atoms with E-state index in [1.807, 2.05) is 44.2 Å². The quantitative estimate of drug-likeness (QED) is 0.784. The molecule has 0 aliphatic rings. The first-order valence-electron chi connectivity index (χ1n) is 6.25. The third-order valence-corrected chi connectivity index (χ3v) is 4.51. The maximum absolute atomic E-state index is 12.1. The summed E-state index contributed by atoms with van der Waals surface area (Å²) >= 11 is 0. The van der Waals surface area contributed by atoms with Crippen LogP contribution < -0.4 is 4.72 Å². The maximum atomic E-state index is 12.1. The molecule has 1 atom stereocenters. The molecule has 1 rings (SSSR count). The van der Waals surface area contributed by atoms with Gasteiger partial charge in [0.1, 0.15) is 0 Å². The van der Waals surface area contributed by atoms with E-state index in [2.05, 4.69) is 4.72 Å². The zero-order valence-corrected chi connectivity index (χ0v) is 12.4. The Bertz CT molecular complexity index is 474. The highest BCUT2D eigenvalue weighted by Gasteiger charge is 2.23. The van der Waals surface area contributed by atoms with Gasteiger partial charge in [-0.25, -0.2) is 0 Å². The lowest BCUT2D eigenvalue weighted by molar-refractivity contribution is 0.225. The molecule has 5 nitrogen and oxygen atoms in total. The largest absolute Gasteiger partial charge is 0.395 e. The molecule has 108 valence electrons. The second-order valence-electron chi connectivity index (χ2n) is 4.90. The average Bonchev–Trinajstić information content (AvgIpc) is 2.36. The first-order chi connectivity index (χ1) is 8.86. The molecule has 0 radical (unpaired) electrons. The van der Waals surface area contributed by atoms with Gasteiger partial charge in [0.05, 0.1) is 6.61 Å². The number of nitrogens with one attached hydrogen (secondary N) is 1. The monoisotopic (exact) mass is 286 g/mol. The summed E-state index contributed by atoms with van der Waals surface area (Å²) in [6.07, 6.45) is 0. The summed E-state index contributed by atoms with van der Waals surface area (Å²) in [5, 5.41) is 9.19. The standard InChI is InChI=1S/C13H22N2O3S/c1-11(2)13(10-16)14-19(17,18)15(3)9-12-7-5-4-6-8-12/h4-8,11,13-14,16H,9-10H2,1-3H3/t13-/m1/s1. The van der Waals surface area contributed by atoms with Gasteiger partial charge in [0, 0.05) is 19.6 Å². The molecule has 1 aromatic carbocycles. The average molecular weight is 286 g/mol. The fourth-order valence-corrected chi connectivity index (χ4v) is 2.82. The molecule has 0 saturated carbocycles. The van der Waals surface area contributed by atoms with Crippen LogP contribution in [0.3, 0.4) is 0 Å². The normalized spacial score (nSPS) is 14.0. The van der Waals surface area contributed by atoms with Crippen LogP contribution in [0.25, 0.3) is 0 Å². The first kappa shape index (κ1) is 16.1. The van der Waals surface area contributed by atoms with Gasteiger partial charge in [-0.05, 0) is 11.5 Å². The van der Waals surface area contributed by atoms with Crippen LogP contribution in [0.1, 0.15) is 19.4 Å². The molecule has 0 fully saturated rings. The Labute approximate surface area is 115 Å². The van der Waals surface area contributed by atoms with Crippen molar-refractivity contribution in [2.24, 2.45) is 5.92 Å². The van der Waals surface area contributed by atoms with Crippen molar-refractivity contribution in [1.82, 2.24) is 9.03 Å². The molecule has 0 bridgehead atoms. The van der Waals surface area contributed by atoms with Crippen LogP contribution in [0.15, 0.2) is 30.3 Å². The van der Waals surface area contributed by atoms with Crippen LogP contribution >= 0.6 is 0 Å². The van der Waals surface area contributed by atoms with E-state index in [4.69, 9.17) is 0 Å². The predicted octanol–water partition coefficient (Wildman–Crippen LogP) is 0.970. The second kappa shape index (κ2) is 7.00. The van der Waals surface area contributed by atoms with E-state index in [0.717, 1.165) is 5.56 Å². The van der Waals surface area contributed by atoms with E-state index < -0.39 is 16.3 Å². The van der Waals surface area contributed by atoms with Gasteiger partial charge in [-0.2, -0.15) is 17.4 Å². The lowest BCUT2D eigenvalue weighted by atomic mass is 10.1. The number of benzene rings is 1. The van der Waals surface area contributed by atoms with Crippen LogP contribution in [0.2, 0.25) is 0 Å². The number of aliphatic hydroxyl groups excluding tert-OH is 1. The topological polar surface area (TPSA) is 69.6 Å². The Morgan fingerprint density at radius 1 is 1.26 bits per heavy atom. The van der Waals surface area contributed by atoms with Crippen LogP contribution in [0, 0.1) is 5.92 Å². The van der Waals surface area contributed by atoms with Gasteiger partial charge >= 0.3 is 0 Å². The van der Waals surface area contributed by atoms with Crippen LogP contribution in [-0.2, 0) is 16.8 Å². The zero-order valence-electron chi connectivity index (χ0n) is 11.6. The molecule has 0 aliphatic carbocycles. The minimum Gasteiger partial charge on any atom is -0.395 e. The fourth-order valence-electron chi connectivity index (χ4n) is 1.59. The van der Waals surface area contributed by atoms with Crippen molar-refractivity contribution in [3.8, 4) is 0 Å². The molecule has 0 heterocycles. The van der Waals surface area contributed by atoms with E-state index in [1.54, 1.807) is 0 Å². The molecule has 0 aromatic heterocycles. The van der Waals surface area contributed by atoms with Crippen molar-refractivity contribution in [2.75, 3.05) is 13.7 Å². The number of hydrogen-bond donors (Lipinski definition) is 2. The Hall–Kier alpha value is -0.950. The third-order valence-electron chi connectivity index (χ3n) is 2.96. The summed E-state index contributed by atoms with van der Waals surface area (Å²) in [4.78, 5) is 0. The zero-order chi connectivity index (χ0) is 14.5. The van der Waals surface area contributed by atoms with Crippen molar-refractivity contribution in [1.29, 1.82) is 0 Å².